The van der Waals surface area contributed by atoms with Gasteiger partial charge in [0.2, 0.25) is 0 Å². The smallest absolute Gasteiger partial charge is 0.265 e. The van der Waals surface area contributed by atoms with E-state index in [1.54, 1.807) is 4.90 Å². The second-order valence-electron chi connectivity index (χ2n) is 4.64. The molecule has 0 aromatic heterocycles. The van der Waals surface area contributed by atoms with E-state index in [2.05, 4.69) is 0 Å². The van der Waals surface area contributed by atoms with Crippen molar-refractivity contribution in [1.29, 1.82) is 0 Å². The molecule has 0 saturated carbocycles. The van der Waals surface area contributed by atoms with Gasteiger partial charge in [0.15, 0.2) is 0 Å². The molecule has 1 fully saturated rings. The molecule has 116 valence electrons. The first kappa shape index (κ1) is 15.9. The summed E-state index contributed by atoms with van der Waals surface area (Å²) in [5.74, 6) is 0.0289. The first-order valence-corrected chi connectivity index (χ1v) is 8.69. The van der Waals surface area contributed by atoms with Crippen molar-refractivity contribution in [2.45, 2.75) is 17.7 Å². The number of rotatable bonds is 4. The van der Waals surface area contributed by atoms with Crippen LogP contribution in [0.5, 0.6) is 11.5 Å². The van der Waals surface area contributed by atoms with Crippen molar-refractivity contribution < 1.29 is 22.7 Å². The maximum absolute atomic E-state index is 12.5. The highest BCUT2D eigenvalue weighted by atomic mass is 35.7. The van der Waals surface area contributed by atoms with E-state index in [0.29, 0.717) is 13.1 Å². The van der Waals surface area contributed by atoms with E-state index in [0.717, 1.165) is 12.8 Å². The molecule has 0 bridgehead atoms. The molecule has 1 aliphatic rings. The van der Waals surface area contributed by atoms with Crippen molar-refractivity contribution in [2.75, 3.05) is 27.3 Å². The Morgan fingerprint density at radius 3 is 2.19 bits per heavy atom. The van der Waals surface area contributed by atoms with Gasteiger partial charge in [-0.25, -0.2) is 8.42 Å². The Balaban J connectivity index is 2.56. The quantitative estimate of drug-likeness (QED) is 0.786. The highest BCUT2D eigenvalue weighted by Gasteiger charge is 2.27. The summed E-state index contributed by atoms with van der Waals surface area (Å²) >= 11 is 0. The third-order valence-corrected chi connectivity index (χ3v) is 4.72. The molecule has 8 heteroatoms. The molecule has 1 saturated heterocycles. The lowest BCUT2D eigenvalue weighted by atomic mass is 10.1. The Morgan fingerprint density at radius 1 is 1.14 bits per heavy atom. The van der Waals surface area contributed by atoms with E-state index >= 15 is 0 Å². The maximum Gasteiger partial charge on any atom is 0.265 e. The fourth-order valence-corrected chi connectivity index (χ4v) is 3.32. The summed E-state index contributed by atoms with van der Waals surface area (Å²) in [5, 5.41) is 0. The van der Waals surface area contributed by atoms with Crippen molar-refractivity contribution in [2.24, 2.45) is 0 Å². The van der Waals surface area contributed by atoms with Gasteiger partial charge < -0.3 is 14.4 Å². The normalized spacial score (nSPS) is 15.1. The van der Waals surface area contributed by atoms with Crippen LogP contribution in [0.3, 0.4) is 0 Å². The fraction of sp³-hybridized carbons (Fsp3) is 0.462. The Kier molecular flexibility index (Phi) is 4.63. The predicted molar refractivity (Wildman–Crippen MR) is 77.7 cm³/mol. The van der Waals surface area contributed by atoms with Crippen molar-refractivity contribution in [3.05, 3.63) is 17.7 Å². The summed E-state index contributed by atoms with van der Waals surface area (Å²) in [6.45, 7) is 1.30. The van der Waals surface area contributed by atoms with Crippen molar-refractivity contribution in [3.8, 4) is 11.5 Å². The molecule has 1 amide bonds. The number of hydrogen-bond acceptors (Lipinski definition) is 5. The number of amides is 1. The SMILES string of the molecule is COc1cc(OC)c(S(=O)(=O)Cl)cc1C(=O)N1CCCC1. The number of carbonyl (C=O) groups is 1. The highest BCUT2D eigenvalue weighted by molar-refractivity contribution is 8.13. The van der Waals surface area contributed by atoms with Gasteiger partial charge in [0.25, 0.3) is 15.0 Å². The monoisotopic (exact) mass is 333 g/mol. The Hall–Kier alpha value is -1.47. The first-order valence-electron chi connectivity index (χ1n) is 6.38. The average molecular weight is 334 g/mol. The zero-order valence-corrected chi connectivity index (χ0v) is 13.3. The summed E-state index contributed by atoms with van der Waals surface area (Å²) in [5.41, 5.74) is 0.166. The van der Waals surface area contributed by atoms with E-state index in [9.17, 15) is 13.2 Å². The van der Waals surface area contributed by atoms with E-state index in [1.165, 1.54) is 26.4 Å². The molecule has 0 spiro atoms. The largest absolute Gasteiger partial charge is 0.496 e. The predicted octanol–water partition coefficient (Wildman–Crippen LogP) is 1.87. The van der Waals surface area contributed by atoms with E-state index in [1.807, 2.05) is 0 Å². The summed E-state index contributed by atoms with van der Waals surface area (Å²) in [4.78, 5) is 13.9. The second kappa shape index (κ2) is 6.11. The Labute approximate surface area is 128 Å². The molecule has 6 nitrogen and oxygen atoms in total. The van der Waals surface area contributed by atoms with Gasteiger partial charge in [-0.15, -0.1) is 0 Å². The number of halogens is 1. The number of benzene rings is 1. The molecule has 1 aromatic rings. The van der Waals surface area contributed by atoms with Gasteiger partial charge in [-0.05, 0) is 18.9 Å². The van der Waals surface area contributed by atoms with Crippen LogP contribution in [0.1, 0.15) is 23.2 Å². The van der Waals surface area contributed by atoms with Gasteiger partial charge in [0, 0.05) is 29.8 Å². The van der Waals surface area contributed by atoms with Crippen LogP contribution in [0.4, 0.5) is 0 Å². The number of carbonyl (C=O) groups excluding carboxylic acids is 1. The fourth-order valence-electron chi connectivity index (χ4n) is 2.32. The average Bonchev–Trinajstić information content (AvgIpc) is 2.98. The molecule has 0 atom stereocenters. The van der Waals surface area contributed by atoms with Crippen LogP contribution in [-0.2, 0) is 9.05 Å². The van der Waals surface area contributed by atoms with Crippen molar-refractivity contribution in [1.82, 2.24) is 4.90 Å². The van der Waals surface area contributed by atoms with Crippen LogP contribution in [0.25, 0.3) is 0 Å². The molecule has 1 aliphatic heterocycles. The molecule has 1 heterocycles. The van der Waals surface area contributed by atoms with Gasteiger partial charge in [-0.3, -0.25) is 4.79 Å². The molecule has 2 rings (SSSR count). The van der Waals surface area contributed by atoms with Gasteiger partial charge in [-0.1, -0.05) is 0 Å². The summed E-state index contributed by atoms with van der Waals surface area (Å²) < 4.78 is 33.4. The Bertz CT molecular complexity index is 653. The van der Waals surface area contributed by atoms with Crippen molar-refractivity contribution in [3.63, 3.8) is 0 Å². The van der Waals surface area contributed by atoms with Crippen LogP contribution in [0.15, 0.2) is 17.0 Å². The van der Waals surface area contributed by atoms with E-state index in [-0.39, 0.29) is 27.9 Å². The van der Waals surface area contributed by atoms with Crippen LogP contribution in [-0.4, -0.2) is 46.5 Å². The molecule has 0 radical (unpaired) electrons. The molecule has 1 aromatic carbocycles. The summed E-state index contributed by atoms with van der Waals surface area (Å²) in [6.07, 6.45) is 1.87. The minimum atomic E-state index is -4.03. The number of nitrogens with zero attached hydrogens (tertiary/aromatic N) is 1. The molecular weight excluding hydrogens is 318 g/mol. The summed E-state index contributed by atoms with van der Waals surface area (Å²) in [6, 6.07) is 2.57. The second-order valence-corrected chi connectivity index (χ2v) is 7.17. The lowest BCUT2D eigenvalue weighted by Gasteiger charge is -2.18. The lowest BCUT2D eigenvalue weighted by Crippen LogP contribution is -2.28. The zero-order chi connectivity index (χ0) is 15.6. The van der Waals surface area contributed by atoms with E-state index in [4.69, 9.17) is 20.2 Å². The maximum atomic E-state index is 12.5. The number of likely N-dealkylation sites (tertiary alicyclic amines) is 1. The first-order chi connectivity index (χ1) is 9.88. The Morgan fingerprint density at radius 2 is 1.71 bits per heavy atom. The van der Waals surface area contributed by atoms with Crippen LogP contribution < -0.4 is 9.47 Å². The molecule has 0 aliphatic carbocycles. The van der Waals surface area contributed by atoms with Gasteiger partial charge in [-0.2, -0.15) is 0 Å². The zero-order valence-electron chi connectivity index (χ0n) is 11.8. The van der Waals surface area contributed by atoms with Crippen LogP contribution in [0.2, 0.25) is 0 Å². The standard InChI is InChI=1S/C13H16ClNO5S/c1-19-10-8-11(20-2)12(21(14,17)18)7-9(10)13(16)15-5-3-4-6-15/h7-8H,3-6H2,1-2H3. The topological polar surface area (TPSA) is 72.9 Å². The molecule has 21 heavy (non-hydrogen) atoms. The molecule has 0 unspecified atom stereocenters. The molecular formula is C13H16ClNO5S. The number of ether oxygens (including phenoxy) is 2. The molecule has 0 N–H and O–H groups in total. The minimum Gasteiger partial charge on any atom is -0.496 e. The van der Waals surface area contributed by atoms with E-state index < -0.39 is 9.05 Å². The van der Waals surface area contributed by atoms with Crippen LogP contribution >= 0.6 is 10.7 Å². The van der Waals surface area contributed by atoms with Gasteiger partial charge in [0.05, 0.1) is 19.8 Å². The van der Waals surface area contributed by atoms with Crippen molar-refractivity contribution >= 4 is 25.6 Å². The minimum absolute atomic E-state index is 0.0415. The lowest BCUT2D eigenvalue weighted by molar-refractivity contribution is 0.0789. The highest BCUT2D eigenvalue weighted by Crippen LogP contribution is 2.34. The van der Waals surface area contributed by atoms with Crippen LogP contribution in [0, 0.1) is 0 Å². The summed E-state index contributed by atoms with van der Waals surface area (Å²) in [7, 11) is 4.10. The number of methoxy groups -OCH3 is 2. The van der Waals surface area contributed by atoms with Gasteiger partial charge in [0.1, 0.15) is 16.4 Å². The third kappa shape index (κ3) is 3.24. The third-order valence-electron chi connectivity index (χ3n) is 3.37. The van der Waals surface area contributed by atoms with Gasteiger partial charge >= 0.3 is 0 Å². The number of hydrogen-bond donors (Lipinski definition) is 0.